The van der Waals surface area contributed by atoms with Crippen LogP contribution in [0.1, 0.15) is 6.42 Å². The fraction of sp³-hybridized carbons (Fsp3) is 0.0909. The molecule has 1 aliphatic carbocycles. The summed E-state index contributed by atoms with van der Waals surface area (Å²) in [6, 6.07) is 0. The fourth-order valence-corrected chi connectivity index (χ4v) is 1.31. The molecule has 1 nitrogen and oxygen atoms in total. The Balaban J connectivity index is 2.46. The maximum atomic E-state index is 13.2. The van der Waals surface area contributed by atoms with Crippen molar-refractivity contribution < 1.29 is 26.7 Å². The van der Waals surface area contributed by atoms with E-state index >= 15 is 0 Å². The third-order valence-electron chi connectivity index (χ3n) is 2.14. The average Bonchev–Trinajstić information content (AvgIpc) is 2.82. The molecule has 0 atom stereocenters. The van der Waals surface area contributed by atoms with Gasteiger partial charge >= 0.3 is 0 Å². The van der Waals surface area contributed by atoms with Gasteiger partial charge in [0, 0.05) is 6.42 Å². The summed E-state index contributed by atoms with van der Waals surface area (Å²) in [4.78, 5) is 0. The summed E-state index contributed by atoms with van der Waals surface area (Å²) in [7, 11) is 0. The van der Waals surface area contributed by atoms with E-state index in [1.807, 2.05) is 0 Å². The summed E-state index contributed by atoms with van der Waals surface area (Å²) in [5, 5.41) is 0. The van der Waals surface area contributed by atoms with E-state index in [-0.39, 0.29) is 12.2 Å². The van der Waals surface area contributed by atoms with Crippen molar-refractivity contribution in [1.82, 2.24) is 0 Å². The Morgan fingerprint density at radius 1 is 0.824 bits per heavy atom. The molecule has 0 bridgehead atoms. The van der Waals surface area contributed by atoms with Gasteiger partial charge in [-0.05, 0) is 6.08 Å². The normalized spacial score (nSPS) is 14.1. The fourth-order valence-electron chi connectivity index (χ4n) is 1.31. The predicted octanol–water partition coefficient (Wildman–Crippen LogP) is 3.60. The molecule has 17 heavy (non-hydrogen) atoms. The van der Waals surface area contributed by atoms with Crippen molar-refractivity contribution in [1.29, 1.82) is 0 Å². The van der Waals surface area contributed by atoms with Crippen LogP contribution in [0.5, 0.6) is 5.75 Å². The highest BCUT2D eigenvalue weighted by atomic mass is 19.2. The van der Waals surface area contributed by atoms with Crippen LogP contribution >= 0.6 is 0 Å². The van der Waals surface area contributed by atoms with Crippen molar-refractivity contribution in [3.05, 3.63) is 53.1 Å². The minimum Gasteiger partial charge on any atom is -0.455 e. The first-order valence-electron chi connectivity index (χ1n) is 4.57. The van der Waals surface area contributed by atoms with Crippen molar-refractivity contribution in [3.63, 3.8) is 0 Å². The molecule has 1 aromatic rings. The highest BCUT2D eigenvalue weighted by Crippen LogP contribution is 2.31. The van der Waals surface area contributed by atoms with Crippen LogP contribution in [0.25, 0.3) is 0 Å². The molecule has 1 aliphatic rings. The molecule has 0 saturated carbocycles. The zero-order valence-corrected chi connectivity index (χ0v) is 8.24. The van der Waals surface area contributed by atoms with Gasteiger partial charge in [0.1, 0.15) is 5.76 Å². The highest BCUT2D eigenvalue weighted by molar-refractivity contribution is 5.33. The molecule has 0 saturated heterocycles. The standard InChI is InChI=1S/C11H5F5O/c12-6-7(13)9(15)11(10(16)8(6)14)17-5-3-1-2-4-5/h1-3H,4H2. The molecule has 0 aliphatic heterocycles. The Kier molecular flexibility index (Phi) is 2.87. The molecule has 0 N–H and O–H groups in total. The smallest absolute Gasteiger partial charge is 0.207 e. The molecule has 6 heteroatoms. The number of allylic oxidation sites excluding steroid dienone is 3. The molecule has 2 rings (SSSR count). The van der Waals surface area contributed by atoms with Gasteiger partial charge in [0.05, 0.1) is 0 Å². The van der Waals surface area contributed by atoms with E-state index in [4.69, 9.17) is 0 Å². The van der Waals surface area contributed by atoms with Crippen molar-refractivity contribution in [3.8, 4) is 5.75 Å². The monoisotopic (exact) mass is 248 g/mol. The zero-order chi connectivity index (χ0) is 12.6. The van der Waals surface area contributed by atoms with Crippen LogP contribution in [0.3, 0.4) is 0 Å². The van der Waals surface area contributed by atoms with Crippen LogP contribution in [0.2, 0.25) is 0 Å². The predicted molar refractivity (Wildman–Crippen MR) is 48.7 cm³/mol. The summed E-state index contributed by atoms with van der Waals surface area (Å²) in [6.45, 7) is 0. The minimum atomic E-state index is -2.20. The van der Waals surface area contributed by atoms with Crippen LogP contribution < -0.4 is 4.74 Å². The number of benzene rings is 1. The SMILES string of the molecule is Fc1c(F)c(F)c(OC2=CC=CC2)c(F)c1F. The molecule has 0 amide bonds. The number of halogens is 5. The second-order valence-electron chi connectivity index (χ2n) is 3.27. The molecule has 0 spiro atoms. The third kappa shape index (κ3) is 1.90. The summed E-state index contributed by atoms with van der Waals surface area (Å²) in [5.74, 6) is -11.4. The van der Waals surface area contributed by atoms with E-state index in [0.717, 1.165) is 0 Å². The average molecular weight is 248 g/mol. The summed E-state index contributed by atoms with van der Waals surface area (Å²) in [5.41, 5.74) is 0. The molecule has 0 radical (unpaired) electrons. The second kappa shape index (κ2) is 4.20. The lowest BCUT2D eigenvalue weighted by molar-refractivity contribution is 0.314. The second-order valence-corrected chi connectivity index (χ2v) is 3.27. The van der Waals surface area contributed by atoms with Crippen molar-refractivity contribution in [2.24, 2.45) is 0 Å². The number of rotatable bonds is 2. The van der Waals surface area contributed by atoms with Gasteiger partial charge in [-0.15, -0.1) is 0 Å². The van der Waals surface area contributed by atoms with E-state index in [9.17, 15) is 22.0 Å². The maximum Gasteiger partial charge on any atom is 0.207 e. The summed E-state index contributed by atoms with van der Waals surface area (Å²) in [6.07, 6.45) is 4.76. The molecular formula is C11H5F5O. The Bertz CT molecular complexity index is 504. The van der Waals surface area contributed by atoms with Gasteiger partial charge in [-0.3, -0.25) is 0 Å². The van der Waals surface area contributed by atoms with Crippen molar-refractivity contribution in [2.75, 3.05) is 0 Å². The van der Waals surface area contributed by atoms with Crippen LogP contribution in [0.15, 0.2) is 24.0 Å². The van der Waals surface area contributed by atoms with E-state index in [2.05, 4.69) is 4.74 Å². The van der Waals surface area contributed by atoms with Gasteiger partial charge in [0.25, 0.3) is 0 Å². The van der Waals surface area contributed by atoms with Crippen LogP contribution in [0.4, 0.5) is 22.0 Å². The Morgan fingerprint density at radius 2 is 1.35 bits per heavy atom. The number of ether oxygens (including phenoxy) is 1. The Labute approximate surface area is 92.8 Å². The molecule has 0 heterocycles. The molecular weight excluding hydrogens is 243 g/mol. The largest absolute Gasteiger partial charge is 0.455 e. The van der Waals surface area contributed by atoms with E-state index in [1.54, 1.807) is 12.2 Å². The quantitative estimate of drug-likeness (QED) is 0.441. The topological polar surface area (TPSA) is 9.23 Å². The minimum absolute atomic E-state index is 0.105. The molecule has 90 valence electrons. The lowest BCUT2D eigenvalue weighted by Crippen LogP contribution is -2.06. The van der Waals surface area contributed by atoms with Crippen LogP contribution in [-0.2, 0) is 0 Å². The van der Waals surface area contributed by atoms with Gasteiger partial charge in [0.2, 0.25) is 34.8 Å². The van der Waals surface area contributed by atoms with E-state index < -0.39 is 34.8 Å². The Hall–Kier alpha value is -1.85. The van der Waals surface area contributed by atoms with E-state index in [0.29, 0.717) is 0 Å². The maximum absolute atomic E-state index is 13.2. The van der Waals surface area contributed by atoms with Crippen molar-refractivity contribution in [2.45, 2.75) is 6.42 Å². The van der Waals surface area contributed by atoms with Gasteiger partial charge in [-0.1, -0.05) is 12.2 Å². The summed E-state index contributed by atoms with van der Waals surface area (Å²) < 4.78 is 69.3. The van der Waals surface area contributed by atoms with Crippen LogP contribution in [0, 0.1) is 29.1 Å². The summed E-state index contributed by atoms with van der Waals surface area (Å²) >= 11 is 0. The van der Waals surface area contributed by atoms with Gasteiger partial charge in [-0.25, -0.2) is 13.2 Å². The first kappa shape index (κ1) is 11.6. The van der Waals surface area contributed by atoms with Gasteiger partial charge in [0.15, 0.2) is 0 Å². The van der Waals surface area contributed by atoms with Gasteiger partial charge < -0.3 is 4.74 Å². The third-order valence-corrected chi connectivity index (χ3v) is 2.14. The lowest BCUT2D eigenvalue weighted by Gasteiger charge is -2.10. The first-order chi connectivity index (χ1) is 8.02. The molecule has 0 fully saturated rings. The molecule has 1 aromatic carbocycles. The van der Waals surface area contributed by atoms with E-state index in [1.165, 1.54) is 6.08 Å². The number of hydrogen-bond acceptors (Lipinski definition) is 1. The highest BCUT2D eigenvalue weighted by Gasteiger charge is 2.27. The van der Waals surface area contributed by atoms with Crippen molar-refractivity contribution >= 4 is 0 Å². The first-order valence-corrected chi connectivity index (χ1v) is 4.57. The molecule has 0 aromatic heterocycles. The Morgan fingerprint density at radius 3 is 1.82 bits per heavy atom. The van der Waals surface area contributed by atoms with Gasteiger partial charge in [-0.2, -0.15) is 8.78 Å². The van der Waals surface area contributed by atoms with Crippen LogP contribution in [-0.4, -0.2) is 0 Å². The molecule has 0 unspecified atom stereocenters. The number of hydrogen-bond donors (Lipinski definition) is 0. The lowest BCUT2D eigenvalue weighted by atomic mass is 10.2. The zero-order valence-electron chi connectivity index (χ0n) is 8.24.